The molecule has 0 unspecified atom stereocenters. The van der Waals surface area contributed by atoms with Gasteiger partial charge in [-0.15, -0.1) is 0 Å². The summed E-state index contributed by atoms with van der Waals surface area (Å²) in [7, 11) is 0. The van der Waals surface area contributed by atoms with Crippen LogP contribution < -0.4 is 5.32 Å². The van der Waals surface area contributed by atoms with Crippen molar-refractivity contribution in [3.05, 3.63) is 83.4 Å². The predicted molar refractivity (Wildman–Crippen MR) is 110 cm³/mol. The Labute approximate surface area is 161 Å². The van der Waals surface area contributed by atoms with Gasteiger partial charge in [0.2, 0.25) is 5.91 Å². The minimum Gasteiger partial charge on any atom is -0.374 e. The molecule has 3 rings (SSSR count). The van der Waals surface area contributed by atoms with Gasteiger partial charge in [-0.2, -0.15) is 0 Å². The number of rotatable bonds is 8. The first kappa shape index (κ1) is 19.1. The molecule has 0 spiro atoms. The molecule has 0 aliphatic carbocycles. The topological polar surface area (TPSA) is 38.3 Å². The highest BCUT2D eigenvalue weighted by Crippen LogP contribution is 2.16. The molecule has 27 heavy (non-hydrogen) atoms. The summed E-state index contributed by atoms with van der Waals surface area (Å²) >= 11 is 0. The smallest absolute Gasteiger partial charge is 0.220 e. The van der Waals surface area contributed by atoms with E-state index in [-0.39, 0.29) is 12.0 Å². The third kappa shape index (κ3) is 5.93. The average molecular weight is 361 g/mol. The van der Waals surface area contributed by atoms with E-state index in [9.17, 15) is 4.79 Å². The summed E-state index contributed by atoms with van der Waals surface area (Å²) in [6.45, 7) is 5.20. The Bertz CT molecular complexity index is 902. The van der Waals surface area contributed by atoms with Gasteiger partial charge in [0, 0.05) is 13.0 Å². The first-order valence-electron chi connectivity index (χ1n) is 9.54. The number of ether oxygens (including phenoxy) is 1. The van der Waals surface area contributed by atoms with Crippen LogP contribution in [0.5, 0.6) is 0 Å². The second-order valence-electron chi connectivity index (χ2n) is 7.14. The number of carbonyl (C=O) groups is 1. The van der Waals surface area contributed by atoms with Crippen LogP contribution in [0.25, 0.3) is 10.8 Å². The van der Waals surface area contributed by atoms with Gasteiger partial charge in [0.05, 0.1) is 12.7 Å². The molecule has 1 N–H and O–H groups in total. The number of nitrogens with one attached hydrogen (secondary N) is 1. The van der Waals surface area contributed by atoms with Crippen molar-refractivity contribution in [2.45, 2.75) is 45.9 Å². The fourth-order valence-corrected chi connectivity index (χ4v) is 3.03. The predicted octanol–water partition coefficient (Wildman–Crippen LogP) is 5.01. The van der Waals surface area contributed by atoms with E-state index in [0.717, 1.165) is 17.5 Å². The van der Waals surface area contributed by atoms with Gasteiger partial charge < -0.3 is 10.1 Å². The van der Waals surface area contributed by atoms with E-state index in [4.69, 9.17) is 4.74 Å². The summed E-state index contributed by atoms with van der Waals surface area (Å²) in [4.78, 5) is 12.2. The van der Waals surface area contributed by atoms with Crippen molar-refractivity contribution in [2.24, 2.45) is 0 Å². The van der Waals surface area contributed by atoms with E-state index in [0.29, 0.717) is 19.6 Å². The molecule has 0 bridgehead atoms. The number of hydrogen-bond acceptors (Lipinski definition) is 2. The van der Waals surface area contributed by atoms with E-state index in [1.807, 2.05) is 44.2 Å². The zero-order chi connectivity index (χ0) is 19.1. The molecule has 140 valence electrons. The lowest BCUT2D eigenvalue weighted by Gasteiger charge is -2.10. The van der Waals surface area contributed by atoms with Crippen molar-refractivity contribution >= 4 is 16.7 Å². The van der Waals surface area contributed by atoms with Gasteiger partial charge in [-0.05, 0) is 47.7 Å². The Kier molecular flexibility index (Phi) is 6.61. The Morgan fingerprint density at radius 3 is 2.48 bits per heavy atom. The van der Waals surface area contributed by atoms with Gasteiger partial charge in [-0.1, -0.05) is 66.7 Å². The molecule has 0 aromatic heterocycles. The molecule has 0 heterocycles. The highest BCUT2D eigenvalue weighted by Gasteiger charge is 2.04. The minimum absolute atomic E-state index is 0.0759. The number of benzene rings is 3. The third-order valence-corrected chi connectivity index (χ3v) is 4.52. The van der Waals surface area contributed by atoms with Gasteiger partial charge in [0.15, 0.2) is 0 Å². The maximum absolute atomic E-state index is 12.2. The largest absolute Gasteiger partial charge is 0.374 e. The molecule has 0 saturated carbocycles. The van der Waals surface area contributed by atoms with Crippen LogP contribution in [0.4, 0.5) is 0 Å². The normalized spacial score (nSPS) is 11.1. The van der Waals surface area contributed by atoms with Crippen LogP contribution in [0.1, 0.15) is 37.0 Å². The van der Waals surface area contributed by atoms with Crippen LogP contribution in [0.2, 0.25) is 0 Å². The van der Waals surface area contributed by atoms with Gasteiger partial charge in [0.1, 0.15) is 0 Å². The average Bonchev–Trinajstić information content (AvgIpc) is 2.69. The summed E-state index contributed by atoms with van der Waals surface area (Å²) in [5.74, 6) is 0.0759. The van der Waals surface area contributed by atoms with Gasteiger partial charge in [-0.25, -0.2) is 0 Å². The summed E-state index contributed by atoms with van der Waals surface area (Å²) in [5, 5.41) is 5.47. The number of amides is 1. The van der Waals surface area contributed by atoms with Crippen LogP contribution in [-0.2, 0) is 29.1 Å². The molecule has 0 fully saturated rings. The third-order valence-electron chi connectivity index (χ3n) is 4.52. The summed E-state index contributed by atoms with van der Waals surface area (Å²) in [5.41, 5.74) is 3.42. The lowest BCUT2D eigenvalue weighted by molar-refractivity contribution is -0.121. The summed E-state index contributed by atoms with van der Waals surface area (Å²) in [6.07, 6.45) is 1.46. The standard InChI is InChI=1S/C24H27NO2/c1-18(2)27-17-21-7-5-6-20(14-21)16-25-24(26)13-11-19-10-12-22-8-3-4-9-23(22)15-19/h3-10,12,14-15,18H,11,13,16-17H2,1-2H3,(H,25,26). The van der Waals surface area contributed by atoms with Crippen molar-refractivity contribution in [1.29, 1.82) is 0 Å². The van der Waals surface area contributed by atoms with Crippen LogP contribution >= 0.6 is 0 Å². The SMILES string of the molecule is CC(C)OCc1cccc(CNC(=O)CCc2ccc3ccccc3c2)c1. The van der Waals surface area contributed by atoms with Crippen molar-refractivity contribution in [2.75, 3.05) is 0 Å². The molecule has 0 saturated heterocycles. The van der Waals surface area contributed by atoms with Crippen molar-refractivity contribution in [3.63, 3.8) is 0 Å². The lowest BCUT2D eigenvalue weighted by atomic mass is 10.0. The number of hydrogen-bond donors (Lipinski definition) is 1. The first-order valence-corrected chi connectivity index (χ1v) is 9.54. The minimum atomic E-state index is 0.0759. The summed E-state index contributed by atoms with van der Waals surface area (Å²) < 4.78 is 5.64. The fraction of sp³-hybridized carbons (Fsp3) is 0.292. The van der Waals surface area contributed by atoms with Crippen LogP contribution in [0.15, 0.2) is 66.7 Å². The van der Waals surface area contributed by atoms with Gasteiger partial charge >= 0.3 is 0 Å². The van der Waals surface area contributed by atoms with Crippen LogP contribution in [0.3, 0.4) is 0 Å². The van der Waals surface area contributed by atoms with E-state index in [1.165, 1.54) is 16.3 Å². The van der Waals surface area contributed by atoms with Gasteiger partial charge in [0.25, 0.3) is 0 Å². The van der Waals surface area contributed by atoms with Crippen molar-refractivity contribution in [3.8, 4) is 0 Å². The Morgan fingerprint density at radius 1 is 0.889 bits per heavy atom. The number of carbonyl (C=O) groups excluding carboxylic acids is 1. The van der Waals surface area contributed by atoms with Crippen molar-refractivity contribution in [1.82, 2.24) is 5.32 Å². The van der Waals surface area contributed by atoms with Crippen molar-refractivity contribution < 1.29 is 9.53 Å². The first-order chi connectivity index (χ1) is 13.1. The molecular formula is C24H27NO2. The fourth-order valence-electron chi connectivity index (χ4n) is 3.03. The Balaban J connectivity index is 1.48. The molecule has 0 radical (unpaired) electrons. The Hall–Kier alpha value is -2.65. The highest BCUT2D eigenvalue weighted by atomic mass is 16.5. The highest BCUT2D eigenvalue weighted by molar-refractivity contribution is 5.83. The van der Waals surface area contributed by atoms with Crippen LogP contribution in [-0.4, -0.2) is 12.0 Å². The monoisotopic (exact) mass is 361 g/mol. The maximum atomic E-state index is 12.2. The maximum Gasteiger partial charge on any atom is 0.220 e. The lowest BCUT2D eigenvalue weighted by Crippen LogP contribution is -2.23. The molecule has 3 aromatic carbocycles. The zero-order valence-corrected chi connectivity index (χ0v) is 16.1. The molecular weight excluding hydrogens is 334 g/mol. The molecule has 3 aromatic rings. The number of fused-ring (bicyclic) bond motifs is 1. The van der Waals surface area contributed by atoms with Crippen LogP contribution in [0, 0.1) is 0 Å². The molecule has 0 aliphatic heterocycles. The number of aryl methyl sites for hydroxylation is 1. The van der Waals surface area contributed by atoms with E-state index in [2.05, 4.69) is 41.7 Å². The zero-order valence-electron chi connectivity index (χ0n) is 16.1. The Morgan fingerprint density at radius 2 is 1.67 bits per heavy atom. The van der Waals surface area contributed by atoms with E-state index in [1.54, 1.807) is 0 Å². The van der Waals surface area contributed by atoms with Gasteiger partial charge in [-0.3, -0.25) is 4.79 Å². The molecule has 3 heteroatoms. The van der Waals surface area contributed by atoms with E-state index < -0.39 is 0 Å². The molecule has 1 amide bonds. The molecule has 3 nitrogen and oxygen atoms in total. The second kappa shape index (κ2) is 9.33. The quantitative estimate of drug-likeness (QED) is 0.612. The molecule has 0 aliphatic rings. The van der Waals surface area contributed by atoms with E-state index >= 15 is 0 Å². The molecule has 0 atom stereocenters. The second-order valence-corrected chi connectivity index (χ2v) is 7.14. The summed E-state index contributed by atoms with van der Waals surface area (Å²) in [6, 6.07) is 22.9.